The lowest BCUT2D eigenvalue weighted by Gasteiger charge is -2.10. The van der Waals surface area contributed by atoms with Crippen molar-refractivity contribution in [3.05, 3.63) is 29.6 Å². The second-order valence-electron chi connectivity index (χ2n) is 3.98. The van der Waals surface area contributed by atoms with Gasteiger partial charge in [0.25, 0.3) is 0 Å². The monoisotopic (exact) mass is 240 g/mol. The van der Waals surface area contributed by atoms with Crippen molar-refractivity contribution in [2.75, 3.05) is 11.9 Å². The van der Waals surface area contributed by atoms with Gasteiger partial charge in [-0.05, 0) is 44.0 Å². The predicted octanol–water partition coefficient (Wildman–Crippen LogP) is 2.03. The predicted molar refractivity (Wildman–Crippen MR) is 64.5 cm³/mol. The van der Waals surface area contributed by atoms with E-state index in [9.17, 15) is 9.18 Å². The Labute approximate surface area is 99.8 Å². The average Bonchev–Trinajstić information content (AvgIpc) is 2.21. The lowest BCUT2D eigenvalue weighted by atomic mass is 10.2. The van der Waals surface area contributed by atoms with E-state index in [0.29, 0.717) is 24.2 Å². The fourth-order valence-corrected chi connectivity index (χ4v) is 1.33. The fraction of sp³-hybridized carbons (Fsp3) is 0.417. The summed E-state index contributed by atoms with van der Waals surface area (Å²) in [6.07, 6.45) is 0.0541. The Morgan fingerprint density at radius 1 is 1.53 bits per heavy atom. The van der Waals surface area contributed by atoms with Crippen LogP contribution in [-0.4, -0.2) is 23.8 Å². The third kappa shape index (κ3) is 4.82. The summed E-state index contributed by atoms with van der Waals surface area (Å²) in [4.78, 5) is 11.4. The Balaban J connectivity index is 2.45. The summed E-state index contributed by atoms with van der Waals surface area (Å²) in [6, 6.07) is 3.79. The molecular weight excluding hydrogens is 223 g/mol. The number of nitrogens with one attached hydrogen (secondary N) is 2. The Morgan fingerprint density at radius 2 is 2.24 bits per heavy atom. The molecule has 4 nitrogen and oxygen atoms in total. The summed E-state index contributed by atoms with van der Waals surface area (Å²) >= 11 is 0. The van der Waals surface area contributed by atoms with Crippen molar-refractivity contribution in [2.45, 2.75) is 26.4 Å². The first-order valence-corrected chi connectivity index (χ1v) is 5.48. The highest BCUT2D eigenvalue weighted by atomic mass is 19.1. The molecule has 3 N–H and O–H groups in total. The number of benzene rings is 1. The minimum absolute atomic E-state index is 0.331. The molecule has 1 aromatic carbocycles. The van der Waals surface area contributed by atoms with E-state index < -0.39 is 6.10 Å². The molecule has 0 fully saturated rings. The largest absolute Gasteiger partial charge is 0.393 e. The van der Waals surface area contributed by atoms with Crippen molar-refractivity contribution in [2.24, 2.45) is 0 Å². The van der Waals surface area contributed by atoms with E-state index in [1.807, 2.05) is 0 Å². The number of hydrogen-bond acceptors (Lipinski definition) is 2. The maximum Gasteiger partial charge on any atom is 0.319 e. The first-order chi connectivity index (χ1) is 7.99. The molecule has 0 saturated carbocycles. The molecule has 1 rings (SSSR count). The van der Waals surface area contributed by atoms with Gasteiger partial charge >= 0.3 is 6.03 Å². The fourth-order valence-electron chi connectivity index (χ4n) is 1.33. The lowest BCUT2D eigenvalue weighted by molar-refractivity contribution is 0.184. The van der Waals surface area contributed by atoms with Gasteiger partial charge in [-0.25, -0.2) is 9.18 Å². The number of urea groups is 1. The highest BCUT2D eigenvalue weighted by Crippen LogP contribution is 2.15. The smallest absolute Gasteiger partial charge is 0.319 e. The van der Waals surface area contributed by atoms with Gasteiger partial charge in [0.1, 0.15) is 5.82 Å². The van der Waals surface area contributed by atoms with Gasteiger partial charge in [0.2, 0.25) is 0 Å². The molecule has 0 aliphatic heterocycles. The standard InChI is InChI=1S/C12H17FN2O2/c1-8-7-10(13)3-4-11(8)15-12(17)14-6-5-9(2)16/h3-4,7,9,16H,5-6H2,1-2H3,(H2,14,15,17). The number of carbonyl (C=O) groups is 1. The Bertz CT molecular complexity index is 394. The van der Waals surface area contributed by atoms with Crippen molar-refractivity contribution in [3.63, 3.8) is 0 Å². The number of aliphatic hydroxyl groups excluding tert-OH is 1. The molecule has 1 atom stereocenters. The number of halogens is 1. The van der Waals surface area contributed by atoms with Crippen LogP contribution in [0.2, 0.25) is 0 Å². The molecule has 17 heavy (non-hydrogen) atoms. The molecule has 0 aliphatic rings. The third-order valence-corrected chi connectivity index (χ3v) is 2.28. The molecular formula is C12H17FN2O2. The van der Waals surface area contributed by atoms with E-state index in [1.165, 1.54) is 18.2 Å². The zero-order valence-corrected chi connectivity index (χ0v) is 9.96. The molecule has 0 aliphatic carbocycles. The van der Waals surface area contributed by atoms with Gasteiger partial charge in [0, 0.05) is 12.2 Å². The van der Waals surface area contributed by atoms with Crippen LogP contribution in [-0.2, 0) is 0 Å². The molecule has 1 aromatic rings. The van der Waals surface area contributed by atoms with Crippen molar-refractivity contribution in [1.29, 1.82) is 0 Å². The lowest BCUT2D eigenvalue weighted by Crippen LogP contribution is -2.31. The van der Waals surface area contributed by atoms with Crippen molar-refractivity contribution >= 4 is 11.7 Å². The van der Waals surface area contributed by atoms with Crippen LogP contribution in [0.5, 0.6) is 0 Å². The SMILES string of the molecule is Cc1cc(F)ccc1NC(=O)NCCC(C)O. The second kappa shape index (κ2) is 6.20. The van der Waals surface area contributed by atoms with E-state index in [0.717, 1.165) is 0 Å². The van der Waals surface area contributed by atoms with E-state index in [4.69, 9.17) is 5.11 Å². The van der Waals surface area contributed by atoms with Gasteiger partial charge in [0.05, 0.1) is 6.10 Å². The van der Waals surface area contributed by atoms with Gasteiger partial charge in [-0.1, -0.05) is 0 Å². The number of anilines is 1. The summed E-state index contributed by atoms with van der Waals surface area (Å²) in [5, 5.41) is 14.2. The molecule has 0 aromatic heterocycles. The second-order valence-corrected chi connectivity index (χ2v) is 3.98. The minimum Gasteiger partial charge on any atom is -0.393 e. The van der Waals surface area contributed by atoms with Crippen LogP contribution in [0.3, 0.4) is 0 Å². The molecule has 0 bridgehead atoms. The molecule has 2 amide bonds. The third-order valence-electron chi connectivity index (χ3n) is 2.28. The minimum atomic E-state index is -0.442. The van der Waals surface area contributed by atoms with Gasteiger partial charge < -0.3 is 15.7 Å². The highest BCUT2D eigenvalue weighted by Gasteiger charge is 2.05. The molecule has 94 valence electrons. The first-order valence-electron chi connectivity index (χ1n) is 5.48. The Hall–Kier alpha value is -1.62. The van der Waals surface area contributed by atoms with Gasteiger partial charge in [-0.3, -0.25) is 0 Å². The van der Waals surface area contributed by atoms with Crippen LogP contribution in [0.1, 0.15) is 18.9 Å². The van der Waals surface area contributed by atoms with Gasteiger partial charge in [0.15, 0.2) is 0 Å². The zero-order valence-electron chi connectivity index (χ0n) is 9.96. The molecule has 0 saturated heterocycles. The van der Waals surface area contributed by atoms with Crippen LogP contribution < -0.4 is 10.6 Å². The molecule has 1 unspecified atom stereocenters. The van der Waals surface area contributed by atoms with Crippen molar-refractivity contribution < 1.29 is 14.3 Å². The molecule has 0 radical (unpaired) electrons. The summed E-state index contributed by atoms with van der Waals surface area (Å²) in [6.45, 7) is 3.77. The number of aryl methyl sites for hydroxylation is 1. The van der Waals surface area contributed by atoms with Crippen LogP contribution in [0.4, 0.5) is 14.9 Å². The Kier molecular flexibility index (Phi) is 4.90. The number of rotatable bonds is 4. The molecule has 5 heteroatoms. The normalized spacial score (nSPS) is 12.0. The van der Waals surface area contributed by atoms with Crippen molar-refractivity contribution in [1.82, 2.24) is 5.32 Å². The van der Waals surface area contributed by atoms with Gasteiger partial charge in [-0.15, -0.1) is 0 Å². The number of carbonyl (C=O) groups excluding carboxylic acids is 1. The average molecular weight is 240 g/mol. The van der Waals surface area contributed by atoms with Gasteiger partial charge in [-0.2, -0.15) is 0 Å². The van der Waals surface area contributed by atoms with Crippen molar-refractivity contribution in [3.8, 4) is 0 Å². The topological polar surface area (TPSA) is 61.4 Å². The number of amides is 2. The summed E-state index contributed by atoms with van der Waals surface area (Å²) in [5.74, 6) is -0.331. The summed E-state index contributed by atoms with van der Waals surface area (Å²) in [7, 11) is 0. The first kappa shape index (κ1) is 13.4. The quantitative estimate of drug-likeness (QED) is 0.754. The highest BCUT2D eigenvalue weighted by molar-refractivity contribution is 5.89. The maximum atomic E-state index is 12.8. The van der Waals surface area contributed by atoms with Crippen LogP contribution >= 0.6 is 0 Å². The van der Waals surface area contributed by atoms with E-state index in [1.54, 1.807) is 13.8 Å². The van der Waals surface area contributed by atoms with E-state index >= 15 is 0 Å². The number of hydrogen-bond donors (Lipinski definition) is 3. The number of aliphatic hydroxyl groups is 1. The molecule has 0 spiro atoms. The maximum absolute atomic E-state index is 12.8. The van der Waals surface area contributed by atoms with Crippen LogP contribution in [0.25, 0.3) is 0 Å². The van der Waals surface area contributed by atoms with Crippen LogP contribution in [0, 0.1) is 12.7 Å². The van der Waals surface area contributed by atoms with Crippen LogP contribution in [0.15, 0.2) is 18.2 Å². The van der Waals surface area contributed by atoms with E-state index in [2.05, 4.69) is 10.6 Å². The Morgan fingerprint density at radius 3 is 2.82 bits per heavy atom. The van der Waals surface area contributed by atoms with E-state index in [-0.39, 0.29) is 11.8 Å². The summed E-state index contributed by atoms with van der Waals surface area (Å²) in [5.41, 5.74) is 1.23. The zero-order chi connectivity index (χ0) is 12.8. The molecule has 0 heterocycles. The summed E-state index contributed by atoms with van der Waals surface area (Å²) < 4.78 is 12.8.